The molecule has 9 heavy (non-hydrogen) atoms. The van der Waals surface area contributed by atoms with E-state index in [1.165, 1.54) is 0 Å². The molecule has 50 valence electrons. The van der Waals surface area contributed by atoms with Gasteiger partial charge in [0.25, 0.3) is 0 Å². The standard InChI is InChI=1S/C3H5N3O2S/c4-2-1-9(7,8)3(5)6-2/h1H,4H2,(H2,5,6). The molecule has 0 bridgehead atoms. The molecule has 0 amide bonds. The third kappa shape index (κ3) is 0.879. The fourth-order valence-electron chi connectivity index (χ4n) is 0.437. The van der Waals surface area contributed by atoms with E-state index < -0.39 is 15.0 Å². The second-order valence-electron chi connectivity index (χ2n) is 1.54. The van der Waals surface area contributed by atoms with Gasteiger partial charge in [-0.2, -0.15) is 0 Å². The first kappa shape index (κ1) is 6.09. The Morgan fingerprint density at radius 3 is 2.11 bits per heavy atom. The van der Waals surface area contributed by atoms with Crippen LogP contribution in [-0.4, -0.2) is 13.6 Å². The van der Waals surface area contributed by atoms with Crippen molar-refractivity contribution < 1.29 is 8.42 Å². The number of hydrogen-bond acceptors (Lipinski definition) is 5. The summed E-state index contributed by atoms with van der Waals surface area (Å²) in [5.41, 5.74) is 9.95. The minimum Gasteiger partial charge on any atom is -0.383 e. The predicted molar refractivity (Wildman–Crippen MR) is 32.8 cm³/mol. The first-order valence-corrected chi connectivity index (χ1v) is 3.63. The zero-order chi connectivity index (χ0) is 7.07. The molecular formula is C3H5N3O2S. The van der Waals surface area contributed by atoms with Gasteiger partial charge < -0.3 is 11.5 Å². The highest BCUT2D eigenvalue weighted by Crippen LogP contribution is 2.05. The number of rotatable bonds is 0. The molecule has 0 aromatic heterocycles. The van der Waals surface area contributed by atoms with E-state index in [1.807, 2.05) is 0 Å². The third-order valence-electron chi connectivity index (χ3n) is 0.807. The molecule has 1 aliphatic heterocycles. The van der Waals surface area contributed by atoms with Crippen LogP contribution >= 0.6 is 0 Å². The van der Waals surface area contributed by atoms with Gasteiger partial charge in [-0.3, -0.25) is 0 Å². The van der Waals surface area contributed by atoms with Crippen molar-refractivity contribution in [3.63, 3.8) is 0 Å². The number of nitrogens with zero attached hydrogens (tertiary/aromatic N) is 1. The molecule has 0 atom stereocenters. The normalized spacial score (nSPS) is 23.1. The quantitative estimate of drug-likeness (QED) is 0.435. The molecule has 1 rings (SSSR count). The predicted octanol–water partition coefficient (Wildman–Crippen LogP) is -1.51. The zero-order valence-corrected chi connectivity index (χ0v) is 5.22. The molecule has 0 aromatic carbocycles. The van der Waals surface area contributed by atoms with Gasteiger partial charge in [-0.05, 0) is 0 Å². The summed E-state index contributed by atoms with van der Waals surface area (Å²) in [5, 5.41) is 0.391. The maximum absolute atomic E-state index is 10.6. The van der Waals surface area contributed by atoms with Crippen molar-refractivity contribution in [2.24, 2.45) is 16.5 Å². The lowest BCUT2D eigenvalue weighted by Crippen LogP contribution is -2.18. The molecule has 0 radical (unpaired) electrons. The van der Waals surface area contributed by atoms with Crippen LogP contribution in [0, 0.1) is 0 Å². The molecule has 0 saturated heterocycles. The average Bonchev–Trinajstić information content (AvgIpc) is 1.79. The van der Waals surface area contributed by atoms with E-state index in [1.54, 1.807) is 0 Å². The van der Waals surface area contributed by atoms with Gasteiger partial charge in [-0.15, -0.1) is 0 Å². The largest absolute Gasteiger partial charge is 0.383 e. The van der Waals surface area contributed by atoms with Gasteiger partial charge in [0.1, 0.15) is 5.82 Å². The van der Waals surface area contributed by atoms with Crippen molar-refractivity contribution >= 4 is 15.0 Å². The lowest BCUT2D eigenvalue weighted by atomic mass is 10.9. The molecule has 0 aromatic rings. The lowest BCUT2D eigenvalue weighted by molar-refractivity contribution is 0.615. The van der Waals surface area contributed by atoms with Crippen molar-refractivity contribution in [1.29, 1.82) is 0 Å². The summed E-state index contributed by atoms with van der Waals surface area (Å²) in [4.78, 5) is 3.29. The van der Waals surface area contributed by atoms with Gasteiger partial charge in [-0.25, -0.2) is 13.4 Å². The fourth-order valence-corrected chi connectivity index (χ4v) is 1.16. The highest BCUT2D eigenvalue weighted by atomic mass is 32.2. The highest BCUT2D eigenvalue weighted by molar-refractivity contribution is 8.09. The number of hydrogen-bond donors (Lipinski definition) is 2. The molecule has 5 nitrogen and oxygen atoms in total. The summed E-state index contributed by atoms with van der Waals surface area (Å²) in [7, 11) is -3.43. The van der Waals surface area contributed by atoms with E-state index in [0.717, 1.165) is 5.41 Å². The van der Waals surface area contributed by atoms with Crippen molar-refractivity contribution in [2.75, 3.05) is 0 Å². The monoisotopic (exact) mass is 147 g/mol. The van der Waals surface area contributed by atoms with Crippen molar-refractivity contribution in [2.45, 2.75) is 0 Å². The SMILES string of the molecule is NC1=CS(=O)(=O)C(N)=N1. The van der Waals surface area contributed by atoms with Crippen LogP contribution in [0.3, 0.4) is 0 Å². The number of sulfone groups is 1. The molecule has 0 aliphatic carbocycles. The van der Waals surface area contributed by atoms with E-state index in [2.05, 4.69) is 4.99 Å². The molecule has 4 N–H and O–H groups in total. The van der Waals surface area contributed by atoms with Crippen LogP contribution in [-0.2, 0) is 9.84 Å². The van der Waals surface area contributed by atoms with E-state index in [0.29, 0.717) is 0 Å². The van der Waals surface area contributed by atoms with Crippen molar-refractivity contribution in [3.8, 4) is 0 Å². The summed E-state index contributed by atoms with van der Waals surface area (Å²) >= 11 is 0. The third-order valence-corrected chi connectivity index (χ3v) is 2.03. The van der Waals surface area contributed by atoms with Crippen LogP contribution in [0.15, 0.2) is 16.2 Å². The Bertz CT molecular complexity index is 286. The second-order valence-corrected chi connectivity index (χ2v) is 3.28. The molecule has 1 heterocycles. The van der Waals surface area contributed by atoms with Crippen LogP contribution < -0.4 is 11.5 Å². The Hall–Kier alpha value is -1.04. The van der Waals surface area contributed by atoms with E-state index in [-0.39, 0.29) is 5.82 Å². The minimum absolute atomic E-state index is 0.0625. The number of amidine groups is 1. The van der Waals surface area contributed by atoms with Crippen molar-refractivity contribution in [3.05, 3.63) is 11.2 Å². The Morgan fingerprint density at radius 2 is 2.00 bits per heavy atom. The number of nitrogens with two attached hydrogens (primary N) is 2. The van der Waals surface area contributed by atoms with E-state index in [9.17, 15) is 8.42 Å². The first-order chi connectivity index (χ1) is 4.02. The Balaban J connectivity index is 3.28. The molecular weight excluding hydrogens is 142 g/mol. The second kappa shape index (κ2) is 1.47. The minimum atomic E-state index is -3.43. The fraction of sp³-hybridized carbons (Fsp3) is 0. The summed E-state index contributed by atoms with van der Waals surface area (Å²) in [5.74, 6) is -0.0625. The highest BCUT2D eigenvalue weighted by Gasteiger charge is 2.19. The zero-order valence-electron chi connectivity index (χ0n) is 4.40. The van der Waals surface area contributed by atoms with Gasteiger partial charge in [-0.1, -0.05) is 0 Å². The maximum atomic E-state index is 10.6. The maximum Gasteiger partial charge on any atom is 0.236 e. The summed E-state index contributed by atoms with van der Waals surface area (Å²) in [6.07, 6.45) is 0. The topological polar surface area (TPSA) is 98.5 Å². The molecule has 0 fully saturated rings. The average molecular weight is 147 g/mol. The van der Waals surface area contributed by atoms with Crippen molar-refractivity contribution in [1.82, 2.24) is 0 Å². The molecule has 0 spiro atoms. The first-order valence-electron chi connectivity index (χ1n) is 2.09. The lowest BCUT2D eigenvalue weighted by Gasteiger charge is -1.84. The molecule has 0 unspecified atom stereocenters. The summed E-state index contributed by atoms with van der Waals surface area (Å²) in [6.45, 7) is 0. The molecule has 0 saturated carbocycles. The Labute approximate surface area is 52.0 Å². The van der Waals surface area contributed by atoms with Gasteiger partial charge in [0.15, 0.2) is 0 Å². The van der Waals surface area contributed by atoms with Gasteiger partial charge in [0, 0.05) is 0 Å². The molecule has 1 aliphatic rings. The summed E-state index contributed by atoms with van der Waals surface area (Å²) in [6, 6.07) is 0. The van der Waals surface area contributed by atoms with E-state index in [4.69, 9.17) is 11.5 Å². The summed E-state index contributed by atoms with van der Waals surface area (Å²) < 4.78 is 21.1. The van der Waals surface area contributed by atoms with Crippen LogP contribution in [0.4, 0.5) is 0 Å². The van der Waals surface area contributed by atoms with Crippen LogP contribution in [0.2, 0.25) is 0 Å². The number of aliphatic imine (C=N–C) groups is 1. The van der Waals surface area contributed by atoms with Gasteiger partial charge in [0.05, 0.1) is 5.41 Å². The van der Waals surface area contributed by atoms with Crippen LogP contribution in [0.1, 0.15) is 0 Å². The van der Waals surface area contributed by atoms with E-state index >= 15 is 0 Å². The Kier molecular flexibility index (Phi) is 0.995. The van der Waals surface area contributed by atoms with Crippen LogP contribution in [0.25, 0.3) is 0 Å². The Morgan fingerprint density at radius 1 is 1.44 bits per heavy atom. The van der Waals surface area contributed by atoms with Gasteiger partial charge >= 0.3 is 0 Å². The molecule has 6 heteroatoms. The van der Waals surface area contributed by atoms with Crippen LogP contribution in [0.5, 0.6) is 0 Å². The van der Waals surface area contributed by atoms with Gasteiger partial charge in [0.2, 0.25) is 15.0 Å². The smallest absolute Gasteiger partial charge is 0.236 e.